The summed E-state index contributed by atoms with van der Waals surface area (Å²) in [5, 5.41) is 46.6. The predicted molar refractivity (Wildman–Crippen MR) is 68.3 cm³/mol. The van der Waals surface area contributed by atoms with Gasteiger partial charge in [0, 0.05) is 0 Å². The summed E-state index contributed by atoms with van der Waals surface area (Å²) in [6, 6.07) is 5.05. The first-order valence-corrected chi connectivity index (χ1v) is 6.23. The van der Waals surface area contributed by atoms with Crippen molar-refractivity contribution in [1.29, 1.82) is 0 Å². The normalized spacial score (nSPS) is 31.5. The molecule has 2 rings (SSSR count). The molecule has 22 heavy (non-hydrogen) atoms. The summed E-state index contributed by atoms with van der Waals surface area (Å²) in [7, 11) is 0. The van der Waals surface area contributed by atoms with E-state index in [-0.39, 0.29) is 11.3 Å². The van der Waals surface area contributed by atoms with Crippen LogP contribution >= 0.6 is 0 Å². The van der Waals surface area contributed by atoms with Gasteiger partial charge < -0.3 is 35.0 Å². The van der Waals surface area contributed by atoms with Crippen LogP contribution in [0.1, 0.15) is 10.4 Å². The highest BCUT2D eigenvalue weighted by Gasteiger charge is 2.48. The number of rotatable bonds is 4. The van der Waals surface area contributed by atoms with E-state index in [2.05, 4.69) is 0 Å². The van der Waals surface area contributed by atoms with E-state index in [0.29, 0.717) is 0 Å². The van der Waals surface area contributed by atoms with E-state index in [1.807, 2.05) is 0 Å². The molecule has 0 spiro atoms. The molecule has 9 heteroatoms. The Kier molecular flexibility index (Phi) is 4.62. The summed E-state index contributed by atoms with van der Waals surface area (Å²) in [6.07, 6.45) is -8.54. The summed E-state index contributed by atoms with van der Waals surface area (Å²) in [4.78, 5) is 21.7. The molecule has 120 valence electrons. The minimum Gasteiger partial charge on any atom is -0.479 e. The van der Waals surface area contributed by atoms with Crippen molar-refractivity contribution >= 4 is 11.9 Å². The fourth-order valence-corrected chi connectivity index (χ4v) is 1.96. The Bertz CT molecular complexity index is 555. The molecule has 1 saturated heterocycles. The van der Waals surface area contributed by atoms with Gasteiger partial charge >= 0.3 is 11.9 Å². The SMILES string of the molecule is O=C(O)c1ccc(OC2OC(C(=O)O)C(O)C(O)C2O)cc1. The number of aliphatic carboxylic acids is 1. The minimum atomic E-state index is -1.80. The first-order chi connectivity index (χ1) is 10.3. The average Bonchev–Trinajstić information content (AvgIpc) is 2.48. The van der Waals surface area contributed by atoms with Gasteiger partial charge in [-0.25, -0.2) is 9.59 Å². The van der Waals surface area contributed by atoms with Gasteiger partial charge in [-0.05, 0) is 24.3 Å². The fourth-order valence-electron chi connectivity index (χ4n) is 1.96. The zero-order chi connectivity index (χ0) is 16.4. The van der Waals surface area contributed by atoms with E-state index < -0.39 is 42.6 Å². The number of benzene rings is 1. The Hall–Kier alpha value is -2.20. The number of ether oxygens (including phenoxy) is 2. The van der Waals surface area contributed by atoms with Gasteiger partial charge in [-0.1, -0.05) is 0 Å². The molecule has 0 bridgehead atoms. The second-order valence-corrected chi connectivity index (χ2v) is 4.68. The highest BCUT2D eigenvalue weighted by molar-refractivity contribution is 5.87. The van der Waals surface area contributed by atoms with E-state index in [9.17, 15) is 24.9 Å². The van der Waals surface area contributed by atoms with Gasteiger partial charge in [0.2, 0.25) is 6.29 Å². The molecule has 5 atom stereocenters. The number of aliphatic hydroxyl groups excluding tert-OH is 3. The highest BCUT2D eigenvalue weighted by Crippen LogP contribution is 2.24. The molecule has 5 unspecified atom stereocenters. The maximum Gasteiger partial charge on any atom is 0.335 e. The van der Waals surface area contributed by atoms with Crippen LogP contribution in [0.3, 0.4) is 0 Å². The topological polar surface area (TPSA) is 154 Å². The molecular weight excluding hydrogens is 300 g/mol. The van der Waals surface area contributed by atoms with Crippen LogP contribution in [0.2, 0.25) is 0 Å². The van der Waals surface area contributed by atoms with Gasteiger partial charge in [0.1, 0.15) is 24.1 Å². The molecule has 1 fully saturated rings. The number of aliphatic hydroxyl groups is 3. The fraction of sp³-hybridized carbons (Fsp3) is 0.385. The van der Waals surface area contributed by atoms with E-state index >= 15 is 0 Å². The minimum absolute atomic E-state index is 0.0105. The van der Waals surface area contributed by atoms with Crippen LogP contribution in [0.15, 0.2) is 24.3 Å². The van der Waals surface area contributed by atoms with Crippen molar-refractivity contribution in [3.8, 4) is 5.75 Å². The molecule has 0 radical (unpaired) electrons. The third-order valence-corrected chi connectivity index (χ3v) is 3.17. The molecule has 1 aromatic carbocycles. The van der Waals surface area contributed by atoms with Crippen LogP contribution in [0, 0.1) is 0 Å². The van der Waals surface area contributed by atoms with Crippen LogP contribution in [0.25, 0.3) is 0 Å². The number of aromatic carboxylic acids is 1. The zero-order valence-electron chi connectivity index (χ0n) is 11.1. The molecule has 0 amide bonds. The zero-order valence-corrected chi connectivity index (χ0v) is 11.1. The van der Waals surface area contributed by atoms with Crippen molar-refractivity contribution in [2.75, 3.05) is 0 Å². The molecule has 9 nitrogen and oxygen atoms in total. The summed E-state index contributed by atoms with van der Waals surface area (Å²) >= 11 is 0. The Morgan fingerprint density at radius 2 is 1.55 bits per heavy atom. The third kappa shape index (κ3) is 3.17. The predicted octanol–water partition coefficient (Wildman–Crippen LogP) is -1.34. The number of hydrogen-bond donors (Lipinski definition) is 5. The molecule has 1 aromatic rings. The Balaban J connectivity index is 2.13. The van der Waals surface area contributed by atoms with Crippen molar-refractivity contribution in [2.45, 2.75) is 30.7 Å². The standard InChI is InChI=1S/C13H14O9/c14-7-8(15)10(12(19)20)22-13(9(7)16)21-6-3-1-5(2-4-6)11(17)18/h1-4,7-10,13-16H,(H,17,18)(H,19,20). The number of carboxylic acids is 2. The van der Waals surface area contributed by atoms with Crippen molar-refractivity contribution in [3.05, 3.63) is 29.8 Å². The van der Waals surface area contributed by atoms with Crippen molar-refractivity contribution in [2.24, 2.45) is 0 Å². The molecule has 0 saturated carbocycles. The lowest BCUT2D eigenvalue weighted by Gasteiger charge is -2.38. The van der Waals surface area contributed by atoms with E-state index in [1.54, 1.807) is 0 Å². The average molecular weight is 314 g/mol. The van der Waals surface area contributed by atoms with Crippen molar-refractivity contribution < 1.29 is 44.6 Å². The van der Waals surface area contributed by atoms with Gasteiger partial charge in [-0.3, -0.25) is 0 Å². The molecule has 0 aromatic heterocycles. The molecular formula is C13H14O9. The van der Waals surface area contributed by atoms with E-state index in [0.717, 1.165) is 0 Å². The lowest BCUT2D eigenvalue weighted by molar-refractivity contribution is -0.271. The third-order valence-electron chi connectivity index (χ3n) is 3.17. The van der Waals surface area contributed by atoms with Gasteiger partial charge in [-0.15, -0.1) is 0 Å². The highest BCUT2D eigenvalue weighted by atomic mass is 16.7. The van der Waals surface area contributed by atoms with Gasteiger partial charge in [0.15, 0.2) is 6.10 Å². The molecule has 1 heterocycles. The summed E-state index contributed by atoms with van der Waals surface area (Å²) in [6.45, 7) is 0. The second-order valence-electron chi connectivity index (χ2n) is 4.68. The number of carbonyl (C=O) groups is 2. The summed E-state index contributed by atoms with van der Waals surface area (Å²) < 4.78 is 10.1. The van der Waals surface area contributed by atoms with Crippen LogP contribution in [-0.2, 0) is 9.53 Å². The van der Waals surface area contributed by atoms with Crippen LogP contribution < -0.4 is 4.74 Å². The smallest absolute Gasteiger partial charge is 0.335 e. The molecule has 5 N–H and O–H groups in total. The first kappa shape index (κ1) is 16.2. The monoisotopic (exact) mass is 314 g/mol. The number of carboxylic acid groups (broad SMARTS) is 2. The first-order valence-electron chi connectivity index (χ1n) is 6.23. The summed E-state index contributed by atoms with van der Waals surface area (Å²) in [5.41, 5.74) is 0.0105. The lowest BCUT2D eigenvalue weighted by Crippen LogP contribution is -2.61. The summed E-state index contributed by atoms with van der Waals surface area (Å²) in [5.74, 6) is -2.56. The van der Waals surface area contributed by atoms with E-state index in [4.69, 9.17) is 19.7 Å². The molecule has 1 aliphatic heterocycles. The maximum atomic E-state index is 10.9. The van der Waals surface area contributed by atoms with Gasteiger partial charge in [0.05, 0.1) is 5.56 Å². The van der Waals surface area contributed by atoms with Crippen LogP contribution in [0.5, 0.6) is 5.75 Å². The maximum absolute atomic E-state index is 10.9. The molecule has 1 aliphatic rings. The van der Waals surface area contributed by atoms with Gasteiger partial charge in [-0.2, -0.15) is 0 Å². The number of hydrogen-bond acceptors (Lipinski definition) is 7. The van der Waals surface area contributed by atoms with Gasteiger partial charge in [0.25, 0.3) is 0 Å². The van der Waals surface area contributed by atoms with Crippen molar-refractivity contribution in [1.82, 2.24) is 0 Å². The van der Waals surface area contributed by atoms with Crippen LogP contribution in [-0.4, -0.2) is 68.2 Å². The largest absolute Gasteiger partial charge is 0.479 e. The molecule has 0 aliphatic carbocycles. The quantitative estimate of drug-likeness (QED) is 0.454. The Morgan fingerprint density at radius 3 is 2.05 bits per heavy atom. The van der Waals surface area contributed by atoms with Crippen LogP contribution in [0.4, 0.5) is 0 Å². The van der Waals surface area contributed by atoms with E-state index in [1.165, 1.54) is 24.3 Å². The second kappa shape index (κ2) is 6.28. The Morgan fingerprint density at radius 1 is 0.955 bits per heavy atom. The van der Waals surface area contributed by atoms with Crippen molar-refractivity contribution in [3.63, 3.8) is 0 Å². The lowest BCUT2D eigenvalue weighted by atomic mass is 9.99. The Labute approximate surface area is 124 Å².